The predicted molar refractivity (Wildman–Crippen MR) is 92.8 cm³/mol. The van der Waals surface area contributed by atoms with E-state index in [1.54, 1.807) is 0 Å². The Labute approximate surface area is 128 Å². The van der Waals surface area contributed by atoms with E-state index in [-0.39, 0.29) is 5.41 Å². The van der Waals surface area contributed by atoms with Gasteiger partial charge < -0.3 is 0 Å². The molecule has 2 aromatic carbocycles. The average molecular weight is 276 g/mol. The van der Waals surface area contributed by atoms with Crippen molar-refractivity contribution in [1.29, 1.82) is 0 Å². The molecule has 0 radical (unpaired) electrons. The van der Waals surface area contributed by atoms with Crippen LogP contribution < -0.4 is 0 Å². The molecule has 108 valence electrons. The van der Waals surface area contributed by atoms with Gasteiger partial charge in [-0.3, -0.25) is 0 Å². The second-order valence-electron chi connectivity index (χ2n) is 7.22. The number of hydrogen-bond donors (Lipinski definition) is 0. The van der Waals surface area contributed by atoms with E-state index in [4.69, 9.17) is 0 Å². The Hall–Kier alpha value is -1.82. The lowest BCUT2D eigenvalue weighted by atomic mass is 9.83. The van der Waals surface area contributed by atoms with Crippen LogP contribution in [0.1, 0.15) is 48.6 Å². The maximum atomic E-state index is 2.35. The van der Waals surface area contributed by atoms with E-state index in [0.29, 0.717) is 0 Å². The normalized spacial score (nSPS) is 13.6. The first kappa shape index (κ1) is 14.1. The maximum absolute atomic E-state index is 2.35. The SMILES string of the molecule is Cc1cc(C(C)(C)C)ccc1-c1c(C)ccc2c1C=CC2. The van der Waals surface area contributed by atoms with Crippen molar-refractivity contribution < 1.29 is 0 Å². The van der Waals surface area contributed by atoms with Crippen LogP contribution in [0.25, 0.3) is 17.2 Å². The Balaban J connectivity index is 2.19. The van der Waals surface area contributed by atoms with Crippen molar-refractivity contribution >= 4 is 6.08 Å². The highest BCUT2D eigenvalue weighted by Gasteiger charge is 2.18. The Kier molecular flexibility index (Phi) is 3.28. The molecule has 1 aliphatic rings. The summed E-state index contributed by atoms with van der Waals surface area (Å²) in [5.41, 5.74) is 10.0. The van der Waals surface area contributed by atoms with Crippen LogP contribution >= 0.6 is 0 Å². The molecule has 0 aromatic heterocycles. The van der Waals surface area contributed by atoms with Crippen molar-refractivity contribution in [3.63, 3.8) is 0 Å². The van der Waals surface area contributed by atoms with E-state index >= 15 is 0 Å². The van der Waals surface area contributed by atoms with E-state index in [1.807, 2.05) is 0 Å². The molecule has 0 saturated heterocycles. The minimum Gasteiger partial charge on any atom is -0.0795 e. The summed E-state index contributed by atoms with van der Waals surface area (Å²) in [4.78, 5) is 0. The fourth-order valence-corrected chi connectivity index (χ4v) is 3.21. The molecule has 0 heterocycles. The second kappa shape index (κ2) is 4.87. The molecule has 0 atom stereocenters. The number of allylic oxidation sites excluding steroid dienone is 1. The van der Waals surface area contributed by atoms with Crippen molar-refractivity contribution in [2.45, 2.75) is 46.5 Å². The Morgan fingerprint density at radius 1 is 0.905 bits per heavy atom. The molecule has 0 fully saturated rings. The van der Waals surface area contributed by atoms with Crippen molar-refractivity contribution in [1.82, 2.24) is 0 Å². The Morgan fingerprint density at radius 2 is 1.67 bits per heavy atom. The molecule has 0 amide bonds. The fourth-order valence-electron chi connectivity index (χ4n) is 3.21. The summed E-state index contributed by atoms with van der Waals surface area (Å²) < 4.78 is 0. The third-order valence-corrected chi connectivity index (χ3v) is 4.53. The molecular weight excluding hydrogens is 252 g/mol. The van der Waals surface area contributed by atoms with Crippen molar-refractivity contribution in [2.24, 2.45) is 0 Å². The summed E-state index contributed by atoms with van der Waals surface area (Å²) >= 11 is 0. The third kappa shape index (κ3) is 2.44. The molecule has 0 aliphatic heterocycles. The quantitative estimate of drug-likeness (QED) is 0.614. The van der Waals surface area contributed by atoms with Crippen LogP contribution in [0.4, 0.5) is 0 Å². The van der Waals surface area contributed by atoms with Gasteiger partial charge in [0.2, 0.25) is 0 Å². The van der Waals surface area contributed by atoms with E-state index < -0.39 is 0 Å². The van der Waals surface area contributed by atoms with Crippen LogP contribution in [0.5, 0.6) is 0 Å². The number of fused-ring (bicyclic) bond motifs is 1. The van der Waals surface area contributed by atoms with Gasteiger partial charge in [0, 0.05) is 0 Å². The van der Waals surface area contributed by atoms with Gasteiger partial charge in [-0.05, 0) is 64.6 Å². The molecule has 2 aromatic rings. The summed E-state index contributed by atoms with van der Waals surface area (Å²) in [6.45, 7) is 11.3. The van der Waals surface area contributed by atoms with Crippen molar-refractivity contribution in [2.75, 3.05) is 0 Å². The van der Waals surface area contributed by atoms with Crippen LogP contribution in [0.3, 0.4) is 0 Å². The zero-order valence-corrected chi connectivity index (χ0v) is 13.7. The van der Waals surface area contributed by atoms with Crippen LogP contribution in [0, 0.1) is 13.8 Å². The first-order valence-corrected chi connectivity index (χ1v) is 7.78. The number of benzene rings is 2. The molecule has 0 heteroatoms. The molecule has 3 rings (SSSR count). The lowest BCUT2D eigenvalue weighted by Crippen LogP contribution is -2.11. The zero-order chi connectivity index (χ0) is 15.2. The van der Waals surface area contributed by atoms with Gasteiger partial charge in [0.1, 0.15) is 0 Å². The van der Waals surface area contributed by atoms with Gasteiger partial charge in [0.15, 0.2) is 0 Å². The zero-order valence-electron chi connectivity index (χ0n) is 13.7. The van der Waals surface area contributed by atoms with Crippen LogP contribution in [-0.2, 0) is 11.8 Å². The number of hydrogen-bond acceptors (Lipinski definition) is 0. The lowest BCUT2D eigenvalue weighted by Gasteiger charge is -2.22. The van der Waals surface area contributed by atoms with Gasteiger partial charge in [-0.2, -0.15) is 0 Å². The first-order valence-electron chi connectivity index (χ1n) is 7.78. The van der Waals surface area contributed by atoms with Crippen LogP contribution in [-0.4, -0.2) is 0 Å². The highest BCUT2D eigenvalue weighted by atomic mass is 14.2. The van der Waals surface area contributed by atoms with Gasteiger partial charge in [-0.15, -0.1) is 0 Å². The largest absolute Gasteiger partial charge is 0.0795 e. The maximum Gasteiger partial charge on any atom is -0.00767 e. The first-order chi connectivity index (χ1) is 9.88. The third-order valence-electron chi connectivity index (χ3n) is 4.53. The fraction of sp³-hybridized carbons (Fsp3) is 0.333. The average Bonchev–Trinajstić information content (AvgIpc) is 2.86. The second-order valence-corrected chi connectivity index (χ2v) is 7.22. The molecule has 1 aliphatic carbocycles. The van der Waals surface area contributed by atoms with Gasteiger partial charge in [0.05, 0.1) is 0 Å². The summed E-state index contributed by atoms with van der Waals surface area (Å²) in [6, 6.07) is 11.5. The van der Waals surface area contributed by atoms with E-state index in [2.05, 4.69) is 77.1 Å². The minimum atomic E-state index is 0.205. The number of rotatable bonds is 1. The topological polar surface area (TPSA) is 0 Å². The van der Waals surface area contributed by atoms with Gasteiger partial charge in [-0.25, -0.2) is 0 Å². The standard InChI is InChI=1S/C21H24/c1-14-9-10-16-7-6-8-19(16)20(14)18-12-11-17(13-15(18)2)21(3,4)5/h6,8-13H,7H2,1-5H3. The van der Waals surface area contributed by atoms with Crippen LogP contribution in [0.15, 0.2) is 36.4 Å². The molecule has 0 saturated carbocycles. The van der Waals surface area contributed by atoms with Crippen molar-refractivity contribution in [3.05, 3.63) is 64.2 Å². The highest BCUT2D eigenvalue weighted by Crippen LogP contribution is 2.37. The van der Waals surface area contributed by atoms with E-state index in [9.17, 15) is 0 Å². The molecule has 0 nitrogen and oxygen atoms in total. The summed E-state index contributed by atoms with van der Waals surface area (Å²) in [6.07, 6.45) is 5.63. The summed E-state index contributed by atoms with van der Waals surface area (Å²) in [5, 5.41) is 0. The molecule has 0 unspecified atom stereocenters. The predicted octanol–water partition coefficient (Wildman–Crippen LogP) is 5.84. The Bertz CT molecular complexity index is 724. The minimum absolute atomic E-state index is 0.205. The molecule has 0 N–H and O–H groups in total. The van der Waals surface area contributed by atoms with Gasteiger partial charge in [0.25, 0.3) is 0 Å². The Morgan fingerprint density at radius 3 is 2.33 bits per heavy atom. The summed E-state index contributed by atoms with van der Waals surface area (Å²) in [7, 11) is 0. The summed E-state index contributed by atoms with van der Waals surface area (Å²) in [5.74, 6) is 0. The van der Waals surface area contributed by atoms with E-state index in [0.717, 1.165) is 6.42 Å². The van der Waals surface area contributed by atoms with E-state index in [1.165, 1.54) is 38.9 Å². The van der Waals surface area contributed by atoms with Crippen LogP contribution in [0.2, 0.25) is 0 Å². The molecular formula is C21H24. The monoisotopic (exact) mass is 276 g/mol. The molecule has 21 heavy (non-hydrogen) atoms. The molecule has 0 spiro atoms. The lowest BCUT2D eigenvalue weighted by molar-refractivity contribution is 0.590. The highest BCUT2D eigenvalue weighted by molar-refractivity contribution is 5.83. The number of aryl methyl sites for hydroxylation is 2. The van der Waals surface area contributed by atoms with Gasteiger partial charge in [-0.1, -0.05) is 63.3 Å². The smallest absolute Gasteiger partial charge is 0.00767 e. The van der Waals surface area contributed by atoms with Crippen molar-refractivity contribution in [3.8, 4) is 11.1 Å². The molecule has 0 bridgehead atoms. The van der Waals surface area contributed by atoms with Gasteiger partial charge >= 0.3 is 0 Å².